The van der Waals surface area contributed by atoms with Gasteiger partial charge in [-0.25, -0.2) is 0 Å². The van der Waals surface area contributed by atoms with E-state index in [0.29, 0.717) is 25.5 Å². The molecule has 0 amide bonds. The van der Waals surface area contributed by atoms with E-state index in [0.717, 1.165) is 6.54 Å². The van der Waals surface area contributed by atoms with Gasteiger partial charge in [0.25, 0.3) is 0 Å². The minimum absolute atomic E-state index is 0.0965. The number of esters is 1. The Balaban J connectivity index is 1.98. The monoisotopic (exact) mass is 266 g/mol. The largest absolute Gasteiger partial charge is 0.465 e. The third kappa shape index (κ3) is 3.61. The maximum Gasteiger partial charge on any atom is 0.323 e. The van der Waals surface area contributed by atoms with E-state index in [2.05, 4.69) is 14.9 Å². The highest BCUT2D eigenvalue weighted by molar-refractivity contribution is 5.76. The van der Waals surface area contributed by atoms with Gasteiger partial charge in [-0.15, -0.1) is 0 Å². The molecular formula is C13H22N4O2. The van der Waals surface area contributed by atoms with E-state index in [1.807, 2.05) is 6.92 Å². The Hall–Kier alpha value is -1.26. The first-order valence-electron chi connectivity index (χ1n) is 7.19. The number of hydrogen-bond donors (Lipinski definition) is 0. The Morgan fingerprint density at radius 2 is 2.21 bits per heavy atom. The molecule has 1 heterocycles. The lowest BCUT2D eigenvalue weighted by Gasteiger charge is -2.25. The van der Waals surface area contributed by atoms with Crippen molar-refractivity contribution < 1.29 is 9.53 Å². The van der Waals surface area contributed by atoms with E-state index in [1.165, 1.54) is 25.7 Å². The standard InChI is InChI=1S/C13H22N4O2/c1-2-19-13(18)12-7-11(15-16-14)9-17(12)8-10-5-3-4-6-10/h10-12H,2-9H2,1H3. The SMILES string of the molecule is CCOC(=O)C1CC(N=[N+]=[N-])CN1CC1CCCC1. The van der Waals surface area contributed by atoms with Crippen molar-refractivity contribution in [3.63, 3.8) is 0 Å². The van der Waals surface area contributed by atoms with Crippen LogP contribution in [0.15, 0.2) is 5.11 Å². The second kappa shape index (κ2) is 6.78. The summed E-state index contributed by atoms with van der Waals surface area (Å²) in [5.74, 6) is 0.512. The summed E-state index contributed by atoms with van der Waals surface area (Å²) in [5, 5.41) is 3.77. The normalized spacial score (nSPS) is 28.3. The molecule has 0 aromatic heterocycles. The molecule has 6 heteroatoms. The Morgan fingerprint density at radius 3 is 2.84 bits per heavy atom. The average molecular weight is 266 g/mol. The van der Waals surface area contributed by atoms with E-state index in [1.54, 1.807) is 0 Å². The summed E-state index contributed by atoms with van der Waals surface area (Å²) < 4.78 is 5.13. The van der Waals surface area contributed by atoms with Crippen molar-refractivity contribution in [1.29, 1.82) is 0 Å². The Kier molecular flexibility index (Phi) is 5.05. The zero-order valence-electron chi connectivity index (χ0n) is 11.5. The van der Waals surface area contributed by atoms with Crippen molar-refractivity contribution in [3.8, 4) is 0 Å². The van der Waals surface area contributed by atoms with Gasteiger partial charge in [0.15, 0.2) is 0 Å². The molecule has 2 atom stereocenters. The number of likely N-dealkylation sites (tertiary alicyclic amines) is 1. The molecule has 2 aliphatic rings. The zero-order chi connectivity index (χ0) is 13.7. The van der Waals surface area contributed by atoms with Gasteiger partial charge in [0, 0.05) is 18.0 Å². The van der Waals surface area contributed by atoms with Gasteiger partial charge in [0.05, 0.1) is 12.6 Å². The highest BCUT2D eigenvalue weighted by Crippen LogP contribution is 2.29. The van der Waals surface area contributed by atoms with Crippen LogP contribution in [0, 0.1) is 5.92 Å². The van der Waals surface area contributed by atoms with Crippen LogP contribution < -0.4 is 0 Å². The van der Waals surface area contributed by atoms with Crippen LogP contribution in [0.5, 0.6) is 0 Å². The number of rotatable bonds is 5. The molecule has 1 aliphatic carbocycles. The summed E-state index contributed by atoms with van der Waals surface area (Å²) in [6.07, 6.45) is 5.68. The van der Waals surface area contributed by atoms with Gasteiger partial charge < -0.3 is 4.74 Å². The number of azide groups is 1. The number of carbonyl (C=O) groups excluding carboxylic acids is 1. The predicted octanol–water partition coefficient (Wildman–Crippen LogP) is 2.49. The maximum atomic E-state index is 12.0. The van der Waals surface area contributed by atoms with Gasteiger partial charge >= 0.3 is 5.97 Å². The first-order valence-corrected chi connectivity index (χ1v) is 7.19. The molecule has 2 unspecified atom stereocenters. The van der Waals surface area contributed by atoms with Crippen LogP contribution >= 0.6 is 0 Å². The van der Waals surface area contributed by atoms with Gasteiger partial charge in [-0.05, 0) is 37.6 Å². The summed E-state index contributed by atoms with van der Waals surface area (Å²) in [7, 11) is 0. The molecule has 0 N–H and O–H groups in total. The summed E-state index contributed by atoms with van der Waals surface area (Å²) >= 11 is 0. The van der Waals surface area contributed by atoms with Crippen molar-refractivity contribution in [3.05, 3.63) is 10.4 Å². The second-order valence-corrected chi connectivity index (χ2v) is 5.47. The molecule has 0 bridgehead atoms. The second-order valence-electron chi connectivity index (χ2n) is 5.47. The van der Waals surface area contributed by atoms with Crippen LogP contribution in [-0.2, 0) is 9.53 Å². The minimum atomic E-state index is -0.226. The van der Waals surface area contributed by atoms with Crippen LogP contribution in [0.3, 0.4) is 0 Å². The van der Waals surface area contributed by atoms with E-state index in [4.69, 9.17) is 10.3 Å². The van der Waals surface area contributed by atoms with Crippen molar-refractivity contribution in [2.75, 3.05) is 19.7 Å². The molecule has 106 valence electrons. The van der Waals surface area contributed by atoms with Gasteiger partial charge in [-0.1, -0.05) is 18.0 Å². The van der Waals surface area contributed by atoms with Gasteiger partial charge in [-0.2, -0.15) is 0 Å². The Morgan fingerprint density at radius 1 is 1.47 bits per heavy atom. The molecule has 1 aliphatic heterocycles. The predicted molar refractivity (Wildman–Crippen MR) is 71.5 cm³/mol. The lowest BCUT2D eigenvalue weighted by Crippen LogP contribution is -2.39. The molecule has 6 nitrogen and oxygen atoms in total. The summed E-state index contributed by atoms with van der Waals surface area (Å²) in [4.78, 5) is 17.0. The smallest absolute Gasteiger partial charge is 0.323 e. The Bertz CT molecular complexity index is 362. The van der Waals surface area contributed by atoms with Crippen LogP contribution in [0.1, 0.15) is 39.0 Å². The molecule has 0 spiro atoms. The fourth-order valence-electron chi connectivity index (χ4n) is 3.25. The molecule has 1 saturated heterocycles. The molecular weight excluding hydrogens is 244 g/mol. The summed E-state index contributed by atoms with van der Waals surface area (Å²) in [5.41, 5.74) is 8.55. The lowest BCUT2D eigenvalue weighted by atomic mass is 10.1. The van der Waals surface area contributed by atoms with Gasteiger partial charge in [-0.3, -0.25) is 9.69 Å². The lowest BCUT2D eigenvalue weighted by molar-refractivity contribution is -0.148. The summed E-state index contributed by atoms with van der Waals surface area (Å²) in [6.45, 7) is 3.84. The highest BCUT2D eigenvalue weighted by Gasteiger charge is 2.38. The van der Waals surface area contributed by atoms with Crippen molar-refractivity contribution in [2.24, 2.45) is 11.0 Å². The summed E-state index contributed by atoms with van der Waals surface area (Å²) in [6, 6.07) is -0.322. The van der Waals surface area contributed by atoms with Crippen LogP contribution in [-0.4, -0.2) is 42.6 Å². The van der Waals surface area contributed by atoms with Crippen LogP contribution in [0.25, 0.3) is 10.4 Å². The minimum Gasteiger partial charge on any atom is -0.465 e. The van der Waals surface area contributed by atoms with E-state index in [-0.39, 0.29) is 18.1 Å². The zero-order valence-corrected chi connectivity index (χ0v) is 11.5. The van der Waals surface area contributed by atoms with Crippen molar-refractivity contribution >= 4 is 5.97 Å². The molecule has 0 aromatic carbocycles. The van der Waals surface area contributed by atoms with E-state index in [9.17, 15) is 4.79 Å². The van der Waals surface area contributed by atoms with Crippen molar-refractivity contribution in [2.45, 2.75) is 51.1 Å². The Labute approximate surface area is 113 Å². The van der Waals surface area contributed by atoms with Gasteiger partial charge in [0.1, 0.15) is 6.04 Å². The highest BCUT2D eigenvalue weighted by atomic mass is 16.5. The fourth-order valence-corrected chi connectivity index (χ4v) is 3.25. The first kappa shape index (κ1) is 14.2. The van der Waals surface area contributed by atoms with E-state index >= 15 is 0 Å². The van der Waals surface area contributed by atoms with Crippen molar-refractivity contribution in [1.82, 2.24) is 4.90 Å². The molecule has 19 heavy (non-hydrogen) atoms. The topological polar surface area (TPSA) is 78.3 Å². The van der Waals surface area contributed by atoms with Gasteiger partial charge in [0.2, 0.25) is 0 Å². The first-order chi connectivity index (χ1) is 9.24. The van der Waals surface area contributed by atoms with Crippen LogP contribution in [0.2, 0.25) is 0 Å². The maximum absolute atomic E-state index is 12.0. The molecule has 2 fully saturated rings. The number of carbonyl (C=O) groups is 1. The third-order valence-electron chi connectivity index (χ3n) is 4.12. The quantitative estimate of drug-likeness (QED) is 0.332. The fraction of sp³-hybridized carbons (Fsp3) is 0.923. The average Bonchev–Trinajstić information content (AvgIpc) is 3.00. The number of ether oxygens (including phenoxy) is 1. The molecule has 0 radical (unpaired) electrons. The van der Waals surface area contributed by atoms with Crippen LogP contribution in [0.4, 0.5) is 0 Å². The molecule has 2 rings (SSSR count). The molecule has 0 aromatic rings. The van der Waals surface area contributed by atoms with E-state index < -0.39 is 0 Å². The number of nitrogens with zero attached hydrogens (tertiary/aromatic N) is 4. The third-order valence-corrected chi connectivity index (χ3v) is 4.12. The molecule has 1 saturated carbocycles. The number of hydrogen-bond acceptors (Lipinski definition) is 4.